The summed E-state index contributed by atoms with van der Waals surface area (Å²) in [7, 11) is 0. The number of thiophene rings is 1. The first-order chi connectivity index (χ1) is 12.0. The van der Waals surface area contributed by atoms with Gasteiger partial charge < -0.3 is 5.32 Å². The Balaban J connectivity index is 1.81. The number of nitro benzene ring substituents is 1. The quantitative estimate of drug-likeness (QED) is 0.536. The molecule has 1 amide bonds. The minimum absolute atomic E-state index is 0.0433. The summed E-state index contributed by atoms with van der Waals surface area (Å²) in [6, 6.07) is 7.37. The van der Waals surface area contributed by atoms with Gasteiger partial charge in [0.15, 0.2) is 5.82 Å². The molecule has 1 aromatic carbocycles. The molecule has 0 aliphatic carbocycles. The van der Waals surface area contributed by atoms with E-state index in [9.17, 15) is 19.7 Å². The fraction of sp³-hybridized carbons (Fsp3) is 0.0714. The zero-order valence-electron chi connectivity index (χ0n) is 12.3. The van der Waals surface area contributed by atoms with Gasteiger partial charge in [0.1, 0.15) is 11.6 Å². The highest BCUT2D eigenvalue weighted by molar-refractivity contribution is 7.13. The molecule has 1 N–H and O–H groups in total. The predicted molar refractivity (Wildman–Crippen MR) is 90.8 cm³/mol. The number of nitrogens with one attached hydrogen (secondary N) is 1. The molecule has 2 aromatic heterocycles. The van der Waals surface area contributed by atoms with Crippen LogP contribution in [0, 0.1) is 10.1 Å². The zero-order chi connectivity index (χ0) is 18.0. The van der Waals surface area contributed by atoms with E-state index in [0.29, 0.717) is 4.88 Å². The van der Waals surface area contributed by atoms with E-state index in [1.165, 1.54) is 23.5 Å². The van der Waals surface area contributed by atoms with E-state index >= 15 is 0 Å². The molecule has 25 heavy (non-hydrogen) atoms. The Morgan fingerprint density at radius 1 is 1.44 bits per heavy atom. The van der Waals surface area contributed by atoms with Crippen molar-refractivity contribution in [2.75, 3.05) is 5.32 Å². The molecule has 0 spiro atoms. The Hall–Kier alpha value is -2.98. The predicted octanol–water partition coefficient (Wildman–Crippen LogP) is 2.77. The molecule has 0 aliphatic heterocycles. The first-order valence-corrected chi connectivity index (χ1v) is 8.05. The maximum atomic E-state index is 12.2. The second kappa shape index (κ2) is 6.87. The van der Waals surface area contributed by atoms with Gasteiger partial charge in [-0.1, -0.05) is 22.8 Å². The van der Waals surface area contributed by atoms with Gasteiger partial charge >= 0.3 is 5.76 Å². The Morgan fingerprint density at radius 3 is 2.92 bits per heavy atom. The maximum absolute atomic E-state index is 12.2. The highest BCUT2D eigenvalue weighted by Gasteiger charge is 2.18. The lowest BCUT2D eigenvalue weighted by atomic mass is 10.2. The molecular formula is C14H9ClN4O5S. The molecule has 9 nitrogen and oxygen atoms in total. The Morgan fingerprint density at radius 2 is 2.24 bits per heavy atom. The first kappa shape index (κ1) is 16.9. The van der Waals surface area contributed by atoms with Crippen molar-refractivity contribution in [2.45, 2.75) is 6.54 Å². The van der Waals surface area contributed by atoms with Crippen LogP contribution < -0.4 is 11.1 Å². The number of carbonyl (C=O) groups is 1. The maximum Gasteiger partial charge on any atom is 0.442 e. The van der Waals surface area contributed by atoms with E-state index in [1.54, 1.807) is 17.5 Å². The van der Waals surface area contributed by atoms with Gasteiger partial charge in [-0.15, -0.1) is 11.3 Å². The van der Waals surface area contributed by atoms with Gasteiger partial charge in [-0.3, -0.25) is 19.4 Å². The molecule has 0 saturated carbocycles. The zero-order valence-corrected chi connectivity index (χ0v) is 13.9. The van der Waals surface area contributed by atoms with Gasteiger partial charge in [0.25, 0.3) is 5.69 Å². The fourth-order valence-corrected chi connectivity index (χ4v) is 2.97. The molecule has 2 heterocycles. The van der Waals surface area contributed by atoms with Crippen LogP contribution >= 0.6 is 22.9 Å². The SMILES string of the molecule is O=C(Cn1c(-c2cccs2)noc1=O)Nc1ccc(Cl)c([N+](=O)[O-])c1. The van der Waals surface area contributed by atoms with E-state index in [-0.39, 0.29) is 28.8 Å². The fourth-order valence-electron chi connectivity index (χ4n) is 2.06. The number of hydrogen-bond acceptors (Lipinski definition) is 7. The lowest BCUT2D eigenvalue weighted by Crippen LogP contribution is -2.25. The third-order valence-corrected chi connectivity index (χ3v) is 4.34. The summed E-state index contributed by atoms with van der Waals surface area (Å²) in [6.07, 6.45) is 0. The summed E-state index contributed by atoms with van der Waals surface area (Å²) in [5.74, 6) is -1.11. The van der Waals surface area contributed by atoms with Crippen LogP contribution in [-0.2, 0) is 11.3 Å². The molecule has 0 unspecified atom stereocenters. The molecule has 0 atom stereocenters. The summed E-state index contributed by atoms with van der Waals surface area (Å²) in [5, 5.41) is 18.8. The Labute approximate surface area is 148 Å². The summed E-state index contributed by atoms with van der Waals surface area (Å²) in [4.78, 5) is 34.8. The second-order valence-electron chi connectivity index (χ2n) is 4.81. The van der Waals surface area contributed by atoms with E-state index < -0.39 is 16.6 Å². The van der Waals surface area contributed by atoms with E-state index in [1.807, 2.05) is 0 Å². The summed E-state index contributed by atoms with van der Waals surface area (Å²) < 4.78 is 5.69. The molecular weight excluding hydrogens is 372 g/mol. The van der Waals surface area contributed by atoms with Crippen LogP contribution in [0.15, 0.2) is 45.0 Å². The highest BCUT2D eigenvalue weighted by Crippen LogP contribution is 2.27. The molecule has 0 fully saturated rings. The van der Waals surface area contributed by atoms with Gasteiger partial charge in [0.05, 0.1) is 9.80 Å². The number of hydrogen-bond donors (Lipinski definition) is 1. The van der Waals surface area contributed by atoms with Crippen LogP contribution in [0.5, 0.6) is 0 Å². The molecule has 3 rings (SSSR count). The Kier molecular flexibility index (Phi) is 4.63. The average Bonchev–Trinajstić information content (AvgIpc) is 3.20. The van der Waals surface area contributed by atoms with Gasteiger partial charge in [-0.2, -0.15) is 0 Å². The summed E-state index contributed by atoms with van der Waals surface area (Å²) in [6.45, 7) is -0.355. The largest absolute Gasteiger partial charge is 0.442 e. The van der Waals surface area contributed by atoms with Gasteiger partial charge in [-0.25, -0.2) is 9.36 Å². The summed E-state index contributed by atoms with van der Waals surface area (Å²) in [5.41, 5.74) is -0.149. The van der Waals surface area contributed by atoms with Crippen molar-refractivity contribution in [3.8, 4) is 10.7 Å². The lowest BCUT2D eigenvalue weighted by molar-refractivity contribution is -0.384. The number of benzene rings is 1. The number of aromatic nitrogens is 2. The topological polar surface area (TPSA) is 120 Å². The van der Waals surface area contributed by atoms with Crippen molar-refractivity contribution < 1.29 is 14.2 Å². The van der Waals surface area contributed by atoms with Crippen LogP contribution in [0.2, 0.25) is 5.02 Å². The number of halogens is 1. The number of nitrogens with zero attached hydrogens (tertiary/aromatic N) is 3. The first-order valence-electron chi connectivity index (χ1n) is 6.80. The minimum atomic E-state index is -0.777. The van der Waals surface area contributed by atoms with Crippen molar-refractivity contribution in [2.24, 2.45) is 0 Å². The minimum Gasteiger partial charge on any atom is -0.324 e. The smallest absolute Gasteiger partial charge is 0.324 e. The second-order valence-corrected chi connectivity index (χ2v) is 6.16. The molecule has 11 heteroatoms. The van der Waals surface area contributed by atoms with Gasteiger partial charge in [-0.05, 0) is 23.6 Å². The van der Waals surface area contributed by atoms with E-state index in [4.69, 9.17) is 11.6 Å². The third-order valence-electron chi connectivity index (χ3n) is 3.16. The van der Waals surface area contributed by atoms with E-state index in [2.05, 4.69) is 15.0 Å². The molecule has 0 aliphatic rings. The van der Waals surface area contributed by atoms with Gasteiger partial charge in [0.2, 0.25) is 5.91 Å². The van der Waals surface area contributed by atoms with Crippen LogP contribution in [0.3, 0.4) is 0 Å². The molecule has 128 valence electrons. The van der Waals surface area contributed by atoms with E-state index in [0.717, 1.165) is 10.6 Å². The number of amides is 1. The molecule has 3 aromatic rings. The van der Waals surface area contributed by atoms with Gasteiger partial charge in [0, 0.05) is 11.8 Å². The average molecular weight is 381 g/mol. The normalized spacial score (nSPS) is 10.6. The number of nitro groups is 1. The van der Waals surface area contributed by atoms with Crippen LogP contribution in [0.4, 0.5) is 11.4 Å². The number of anilines is 1. The standard InChI is InChI=1S/C14H9ClN4O5S/c15-9-4-3-8(6-10(9)19(22)23)16-12(20)7-18-13(17-24-14(18)21)11-2-1-5-25-11/h1-6H,7H2,(H,16,20). The van der Waals surface area contributed by atoms with Crippen LogP contribution in [0.1, 0.15) is 0 Å². The van der Waals surface area contributed by atoms with Crippen molar-refractivity contribution in [1.82, 2.24) is 9.72 Å². The van der Waals surface area contributed by atoms with Crippen LogP contribution in [-0.4, -0.2) is 20.6 Å². The summed E-state index contributed by atoms with van der Waals surface area (Å²) >= 11 is 7.06. The molecule has 0 saturated heterocycles. The highest BCUT2D eigenvalue weighted by atomic mass is 35.5. The monoisotopic (exact) mass is 380 g/mol. The number of rotatable bonds is 5. The van der Waals surface area contributed by atoms with Crippen molar-refractivity contribution in [3.63, 3.8) is 0 Å². The third kappa shape index (κ3) is 3.59. The van der Waals surface area contributed by atoms with Crippen molar-refractivity contribution in [1.29, 1.82) is 0 Å². The Bertz CT molecular complexity index is 995. The van der Waals surface area contributed by atoms with Crippen LogP contribution in [0.25, 0.3) is 10.7 Å². The molecule has 0 bridgehead atoms. The van der Waals surface area contributed by atoms with Crippen molar-refractivity contribution >= 4 is 40.2 Å². The molecule has 0 radical (unpaired) electrons. The lowest BCUT2D eigenvalue weighted by Gasteiger charge is -2.06. The van der Waals surface area contributed by atoms with Crippen molar-refractivity contribution in [3.05, 3.63) is 61.4 Å². The number of carbonyl (C=O) groups excluding carboxylic acids is 1.